The lowest BCUT2D eigenvalue weighted by Crippen LogP contribution is -2.57. The first-order valence-electron chi connectivity index (χ1n) is 12.9. The van der Waals surface area contributed by atoms with E-state index in [0.717, 1.165) is 12.8 Å². The Morgan fingerprint density at radius 2 is 1.97 bits per heavy atom. The van der Waals surface area contributed by atoms with Crippen LogP contribution in [0.25, 0.3) is 0 Å². The monoisotopic (exact) mass is 546 g/mol. The maximum absolute atomic E-state index is 14.5. The summed E-state index contributed by atoms with van der Waals surface area (Å²) >= 11 is 7.73. The molecule has 2 amide bonds. The van der Waals surface area contributed by atoms with Crippen LogP contribution in [0.5, 0.6) is 0 Å². The van der Waals surface area contributed by atoms with Crippen molar-refractivity contribution in [3.05, 3.63) is 54.6 Å². The summed E-state index contributed by atoms with van der Waals surface area (Å²) in [5.41, 5.74) is 0.675. The number of nitrogens with zero attached hydrogens (tertiary/aromatic N) is 2. The number of anilines is 1. The van der Waals surface area contributed by atoms with Gasteiger partial charge >= 0.3 is 5.97 Å². The number of aliphatic hydroxyl groups excluding tert-OH is 1. The molecule has 1 aromatic carbocycles. The van der Waals surface area contributed by atoms with Gasteiger partial charge in [0.15, 0.2) is 0 Å². The van der Waals surface area contributed by atoms with Crippen molar-refractivity contribution in [1.29, 1.82) is 0 Å². The first kappa shape index (κ1) is 27.7. The SMILES string of the molecule is C=CCOC(=O)[C@@H]1[C@H]2C(=O)N(CCCCCO)C(C(=O)N(CC=C)c3ccc(Cl)cc3)C23S[C@@H]1CC3C. The molecule has 1 spiro atoms. The average Bonchev–Trinajstić information content (AvgIpc) is 3.47. The Kier molecular flexibility index (Phi) is 8.71. The normalized spacial score (nSPS) is 29.8. The van der Waals surface area contributed by atoms with Crippen LogP contribution in [0.4, 0.5) is 5.69 Å². The molecule has 7 nitrogen and oxygen atoms in total. The highest BCUT2D eigenvalue weighted by atomic mass is 35.5. The average molecular weight is 547 g/mol. The Morgan fingerprint density at radius 3 is 2.62 bits per heavy atom. The number of fused-ring (bicyclic) bond motifs is 1. The van der Waals surface area contributed by atoms with E-state index in [1.54, 1.807) is 51.9 Å². The van der Waals surface area contributed by atoms with Crippen LogP contribution in [0.15, 0.2) is 49.6 Å². The van der Waals surface area contributed by atoms with Crippen LogP contribution in [0.1, 0.15) is 32.6 Å². The van der Waals surface area contributed by atoms with Crippen molar-refractivity contribution >= 4 is 46.8 Å². The number of carbonyl (C=O) groups is 3. The number of hydrogen-bond acceptors (Lipinski definition) is 6. The molecule has 0 saturated carbocycles. The second-order valence-corrected chi connectivity index (χ2v) is 12.0. The first-order valence-corrected chi connectivity index (χ1v) is 14.1. The molecule has 3 fully saturated rings. The summed E-state index contributed by atoms with van der Waals surface area (Å²) in [4.78, 5) is 45.0. The van der Waals surface area contributed by atoms with Crippen molar-refractivity contribution in [3.8, 4) is 0 Å². The molecule has 3 heterocycles. The van der Waals surface area contributed by atoms with E-state index >= 15 is 0 Å². The van der Waals surface area contributed by atoms with Crippen LogP contribution in [-0.2, 0) is 19.1 Å². The highest BCUT2D eigenvalue weighted by Crippen LogP contribution is 2.68. The molecule has 9 heteroatoms. The highest BCUT2D eigenvalue weighted by Gasteiger charge is 2.76. The molecule has 3 aliphatic rings. The summed E-state index contributed by atoms with van der Waals surface area (Å²) in [7, 11) is 0. The molecule has 1 aromatic rings. The van der Waals surface area contributed by atoms with Gasteiger partial charge in [-0.2, -0.15) is 0 Å². The van der Waals surface area contributed by atoms with E-state index in [1.165, 1.54) is 6.08 Å². The molecule has 4 rings (SSSR count). The Hall–Kier alpha value is -2.29. The molecule has 0 aromatic heterocycles. The van der Waals surface area contributed by atoms with Crippen molar-refractivity contribution < 1.29 is 24.2 Å². The fourth-order valence-electron chi connectivity index (χ4n) is 6.34. The predicted molar refractivity (Wildman–Crippen MR) is 146 cm³/mol. The van der Waals surface area contributed by atoms with Crippen LogP contribution in [0.2, 0.25) is 5.02 Å². The van der Waals surface area contributed by atoms with Gasteiger partial charge in [-0.1, -0.05) is 37.3 Å². The summed E-state index contributed by atoms with van der Waals surface area (Å²) in [6.45, 7) is 10.4. The van der Waals surface area contributed by atoms with Gasteiger partial charge in [0.2, 0.25) is 5.91 Å². The number of halogens is 1. The minimum absolute atomic E-state index is 0.0621. The van der Waals surface area contributed by atoms with Gasteiger partial charge < -0.3 is 19.6 Å². The van der Waals surface area contributed by atoms with Gasteiger partial charge in [0, 0.05) is 35.7 Å². The van der Waals surface area contributed by atoms with Crippen LogP contribution in [0, 0.1) is 17.8 Å². The van der Waals surface area contributed by atoms with Gasteiger partial charge in [0.25, 0.3) is 5.91 Å². The number of aliphatic hydroxyl groups is 1. The zero-order chi connectivity index (χ0) is 26.7. The Balaban J connectivity index is 1.75. The molecular weight excluding hydrogens is 512 g/mol. The zero-order valence-electron chi connectivity index (χ0n) is 21.2. The molecule has 200 valence electrons. The minimum atomic E-state index is -0.725. The van der Waals surface area contributed by atoms with Gasteiger partial charge in [-0.25, -0.2) is 0 Å². The van der Waals surface area contributed by atoms with E-state index < -0.39 is 28.6 Å². The molecule has 3 unspecified atom stereocenters. The number of unbranched alkanes of at least 4 members (excludes halogenated alkanes) is 2. The second kappa shape index (κ2) is 11.6. The van der Waals surface area contributed by atoms with Crippen molar-refractivity contribution in [3.63, 3.8) is 0 Å². The van der Waals surface area contributed by atoms with Gasteiger partial charge in [-0.3, -0.25) is 14.4 Å². The number of amides is 2. The van der Waals surface area contributed by atoms with Crippen LogP contribution in [-0.4, -0.2) is 70.1 Å². The predicted octanol–water partition coefficient (Wildman–Crippen LogP) is 4.09. The maximum atomic E-state index is 14.5. The number of rotatable bonds is 12. The molecular formula is C28H35ClN2O5S. The molecule has 1 N–H and O–H groups in total. The number of carbonyl (C=O) groups excluding carboxylic acids is 3. The van der Waals surface area contributed by atoms with Crippen molar-refractivity contribution in [2.75, 3.05) is 31.2 Å². The number of hydrogen-bond donors (Lipinski definition) is 1. The van der Waals surface area contributed by atoms with E-state index in [0.29, 0.717) is 30.1 Å². The van der Waals surface area contributed by atoms with Crippen molar-refractivity contribution in [2.45, 2.75) is 48.6 Å². The van der Waals surface area contributed by atoms with E-state index in [-0.39, 0.29) is 42.7 Å². The third-order valence-corrected chi connectivity index (χ3v) is 10.2. The smallest absolute Gasteiger partial charge is 0.311 e. The summed E-state index contributed by atoms with van der Waals surface area (Å²) in [6.07, 6.45) is 5.96. The lowest BCUT2D eigenvalue weighted by molar-refractivity contribution is -0.153. The summed E-state index contributed by atoms with van der Waals surface area (Å²) in [5.74, 6) is -1.87. The van der Waals surface area contributed by atoms with Crippen molar-refractivity contribution in [2.24, 2.45) is 17.8 Å². The minimum Gasteiger partial charge on any atom is -0.461 e. The van der Waals surface area contributed by atoms with E-state index in [4.69, 9.17) is 16.3 Å². The largest absolute Gasteiger partial charge is 0.461 e. The molecule has 0 aliphatic carbocycles. The Labute approximate surface area is 227 Å². The highest BCUT2D eigenvalue weighted by molar-refractivity contribution is 8.02. The Morgan fingerprint density at radius 1 is 1.24 bits per heavy atom. The van der Waals surface area contributed by atoms with E-state index in [1.807, 2.05) is 0 Å². The maximum Gasteiger partial charge on any atom is 0.311 e. The standard InChI is InChI=1S/C28H35ClN2O5S/c1-4-13-30(20-11-9-19(29)10-12-20)26(34)24-28-18(3)17-21(37-28)22(27(35)36-16-5-2)23(28)25(33)31(24)14-7-6-8-15-32/h4-5,9-12,18,21-24,32H,1-2,6-8,13-17H2,3H3/t18?,21-,22+,23+,24?,28?/m1/s1. The molecule has 2 bridgehead atoms. The topological polar surface area (TPSA) is 87.1 Å². The van der Waals surface area contributed by atoms with Crippen LogP contribution < -0.4 is 4.90 Å². The number of esters is 1. The number of likely N-dealkylation sites (tertiary alicyclic amines) is 1. The van der Waals surface area contributed by atoms with Crippen LogP contribution in [0.3, 0.4) is 0 Å². The fourth-order valence-corrected chi connectivity index (χ4v) is 8.87. The van der Waals surface area contributed by atoms with E-state index in [2.05, 4.69) is 20.1 Å². The van der Waals surface area contributed by atoms with Gasteiger partial charge in [-0.15, -0.1) is 18.3 Å². The van der Waals surface area contributed by atoms with Gasteiger partial charge in [-0.05, 0) is 55.9 Å². The molecule has 3 saturated heterocycles. The molecule has 3 aliphatic heterocycles. The number of benzene rings is 1. The second-order valence-electron chi connectivity index (χ2n) is 10.0. The third kappa shape index (κ3) is 4.84. The van der Waals surface area contributed by atoms with E-state index in [9.17, 15) is 19.5 Å². The quantitative estimate of drug-likeness (QED) is 0.241. The Bertz CT molecular complexity index is 1050. The molecule has 37 heavy (non-hydrogen) atoms. The summed E-state index contributed by atoms with van der Waals surface area (Å²) < 4.78 is 4.71. The lowest BCUT2D eigenvalue weighted by Gasteiger charge is -2.40. The lowest BCUT2D eigenvalue weighted by atomic mass is 9.66. The van der Waals surface area contributed by atoms with Gasteiger partial charge in [0.05, 0.1) is 16.6 Å². The first-order chi connectivity index (χ1) is 17.8. The summed E-state index contributed by atoms with van der Waals surface area (Å²) in [6, 6.07) is 6.33. The molecule has 0 radical (unpaired) electrons. The summed E-state index contributed by atoms with van der Waals surface area (Å²) in [5, 5.41) is 9.71. The van der Waals surface area contributed by atoms with Crippen molar-refractivity contribution in [1.82, 2.24) is 4.90 Å². The third-order valence-electron chi connectivity index (χ3n) is 7.87. The van der Waals surface area contributed by atoms with Gasteiger partial charge in [0.1, 0.15) is 12.6 Å². The number of ether oxygens (including phenoxy) is 1. The molecule has 6 atom stereocenters. The number of thioether (sulfide) groups is 1. The van der Waals surface area contributed by atoms with Crippen LogP contribution >= 0.6 is 23.4 Å². The zero-order valence-corrected chi connectivity index (χ0v) is 22.8. The fraction of sp³-hybridized carbons (Fsp3) is 0.536.